The number of nitrogens with zero attached hydrogens (tertiary/aromatic N) is 3. The van der Waals surface area contributed by atoms with E-state index in [1.807, 2.05) is 6.26 Å². The van der Waals surface area contributed by atoms with Crippen molar-refractivity contribution in [1.29, 1.82) is 0 Å². The minimum Gasteiger partial charge on any atom is -0.493 e. The highest BCUT2D eigenvalue weighted by Gasteiger charge is 2.21. The van der Waals surface area contributed by atoms with Crippen LogP contribution in [0.2, 0.25) is 0 Å². The van der Waals surface area contributed by atoms with E-state index in [9.17, 15) is 14.4 Å². The van der Waals surface area contributed by atoms with Crippen LogP contribution in [0.5, 0.6) is 11.5 Å². The predicted octanol–water partition coefficient (Wildman–Crippen LogP) is 1.36. The topological polar surface area (TPSA) is 124 Å². The molecule has 3 rings (SSSR count). The van der Waals surface area contributed by atoms with Crippen molar-refractivity contribution in [3.63, 3.8) is 0 Å². The summed E-state index contributed by atoms with van der Waals surface area (Å²) in [4.78, 5) is 46.6. The molecule has 1 unspecified atom stereocenters. The van der Waals surface area contributed by atoms with Gasteiger partial charge in [0.25, 0.3) is 5.56 Å². The molecule has 0 aliphatic heterocycles. The van der Waals surface area contributed by atoms with Crippen molar-refractivity contribution >= 4 is 34.5 Å². The van der Waals surface area contributed by atoms with Crippen molar-refractivity contribution < 1.29 is 19.1 Å². The maximum absolute atomic E-state index is 12.9. The largest absolute Gasteiger partial charge is 0.493 e. The Kier molecular flexibility index (Phi) is 8.86. The maximum Gasteiger partial charge on any atom is 0.261 e. The van der Waals surface area contributed by atoms with Gasteiger partial charge in [0.05, 0.1) is 31.4 Å². The van der Waals surface area contributed by atoms with Crippen LogP contribution in [0, 0.1) is 0 Å². The van der Waals surface area contributed by atoms with E-state index >= 15 is 0 Å². The molecule has 1 aromatic carbocycles. The van der Waals surface area contributed by atoms with Gasteiger partial charge in [-0.3, -0.25) is 23.9 Å². The van der Waals surface area contributed by atoms with Gasteiger partial charge in [-0.1, -0.05) is 0 Å². The molecular formula is C23H27N5O5S. The molecule has 2 heterocycles. The van der Waals surface area contributed by atoms with Crippen LogP contribution < -0.4 is 25.7 Å². The number of benzene rings is 1. The molecule has 11 heteroatoms. The van der Waals surface area contributed by atoms with Gasteiger partial charge in [-0.25, -0.2) is 4.98 Å². The minimum absolute atomic E-state index is 0.274. The van der Waals surface area contributed by atoms with Crippen LogP contribution in [0.3, 0.4) is 0 Å². The molecule has 0 spiro atoms. The minimum atomic E-state index is -0.727. The quantitative estimate of drug-likeness (QED) is 0.417. The molecule has 2 N–H and O–H groups in total. The second-order valence-electron chi connectivity index (χ2n) is 7.38. The number of rotatable bonds is 11. The van der Waals surface area contributed by atoms with E-state index in [1.54, 1.807) is 42.4 Å². The number of hydrogen-bond acceptors (Lipinski definition) is 8. The Morgan fingerprint density at radius 2 is 1.85 bits per heavy atom. The summed E-state index contributed by atoms with van der Waals surface area (Å²) in [6, 6.07) is 6.02. The van der Waals surface area contributed by atoms with Gasteiger partial charge in [0.15, 0.2) is 11.5 Å². The number of methoxy groups -OCH3 is 2. The Labute approximate surface area is 201 Å². The number of carbonyl (C=O) groups is 2. The molecule has 0 saturated carbocycles. The van der Waals surface area contributed by atoms with Crippen molar-refractivity contribution in [3.8, 4) is 11.5 Å². The number of nitrogens with one attached hydrogen (secondary N) is 2. The van der Waals surface area contributed by atoms with Gasteiger partial charge < -0.3 is 20.1 Å². The highest BCUT2D eigenvalue weighted by Crippen LogP contribution is 2.29. The Morgan fingerprint density at radius 1 is 1.15 bits per heavy atom. The molecule has 0 fully saturated rings. The average Bonchev–Trinajstić information content (AvgIpc) is 2.86. The van der Waals surface area contributed by atoms with E-state index < -0.39 is 17.5 Å². The first-order valence-corrected chi connectivity index (χ1v) is 11.9. The predicted molar refractivity (Wildman–Crippen MR) is 130 cm³/mol. The van der Waals surface area contributed by atoms with E-state index in [1.165, 1.54) is 31.2 Å². The Bertz CT molecular complexity index is 1200. The second kappa shape index (κ2) is 12.0. The summed E-state index contributed by atoms with van der Waals surface area (Å²) in [6.45, 7) is 0.0514. The third-order valence-corrected chi connectivity index (χ3v) is 5.77. The van der Waals surface area contributed by atoms with Gasteiger partial charge in [0.2, 0.25) is 11.8 Å². The van der Waals surface area contributed by atoms with Crippen LogP contribution in [0.15, 0.2) is 47.8 Å². The standard InChI is InChI=1S/C23H27N5O5S/c1-32-19-10-16-18(11-20(19)33-2)26-14-28(23(16)31)13-21(29)27-17(6-9-34-3)22(30)25-12-15-4-7-24-8-5-15/h4-5,7-8,10-11,14,17H,6,9,12-13H2,1-3H3,(H,25,30)(H,27,29). The number of thioether (sulfide) groups is 1. The van der Waals surface area contributed by atoms with Crippen molar-refractivity contribution in [3.05, 3.63) is 58.9 Å². The van der Waals surface area contributed by atoms with E-state index in [2.05, 4.69) is 20.6 Å². The SMILES string of the molecule is COc1cc2ncn(CC(=O)NC(CCSC)C(=O)NCc3ccncc3)c(=O)c2cc1OC. The second-order valence-corrected chi connectivity index (χ2v) is 8.36. The number of carbonyl (C=O) groups excluding carboxylic acids is 2. The zero-order valence-electron chi connectivity index (χ0n) is 19.2. The fourth-order valence-corrected chi connectivity index (χ4v) is 3.78. The van der Waals surface area contributed by atoms with Gasteiger partial charge in [-0.15, -0.1) is 0 Å². The molecule has 3 aromatic rings. The lowest BCUT2D eigenvalue weighted by molar-refractivity contribution is -0.129. The fraction of sp³-hybridized carbons (Fsp3) is 0.348. The molecule has 0 radical (unpaired) electrons. The highest BCUT2D eigenvalue weighted by atomic mass is 32.2. The summed E-state index contributed by atoms with van der Waals surface area (Å²) in [5.41, 5.74) is 0.927. The lowest BCUT2D eigenvalue weighted by atomic mass is 10.2. The maximum atomic E-state index is 12.9. The number of aromatic nitrogens is 3. The first-order chi connectivity index (χ1) is 16.5. The van der Waals surface area contributed by atoms with Crippen molar-refractivity contribution in [2.75, 3.05) is 26.2 Å². The monoisotopic (exact) mass is 485 g/mol. The van der Waals surface area contributed by atoms with E-state index in [0.717, 1.165) is 5.56 Å². The third-order valence-electron chi connectivity index (χ3n) is 5.12. The number of fused-ring (bicyclic) bond motifs is 1. The molecule has 0 aliphatic rings. The molecule has 34 heavy (non-hydrogen) atoms. The van der Waals surface area contributed by atoms with Crippen LogP contribution in [0.1, 0.15) is 12.0 Å². The van der Waals surface area contributed by atoms with E-state index in [-0.39, 0.29) is 12.5 Å². The first-order valence-electron chi connectivity index (χ1n) is 10.5. The molecule has 2 aromatic heterocycles. The summed E-state index contributed by atoms with van der Waals surface area (Å²) in [5.74, 6) is 0.770. The normalized spacial score (nSPS) is 11.6. The smallest absolute Gasteiger partial charge is 0.261 e. The lowest BCUT2D eigenvalue weighted by Crippen LogP contribution is -2.48. The highest BCUT2D eigenvalue weighted by molar-refractivity contribution is 7.98. The number of ether oxygens (including phenoxy) is 2. The van der Waals surface area contributed by atoms with Gasteiger partial charge in [0.1, 0.15) is 12.6 Å². The van der Waals surface area contributed by atoms with Gasteiger partial charge in [0, 0.05) is 25.0 Å². The summed E-state index contributed by atoms with van der Waals surface area (Å²) in [5, 5.41) is 5.88. The first kappa shape index (κ1) is 25.0. The van der Waals surface area contributed by atoms with Gasteiger partial charge >= 0.3 is 0 Å². The summed E-state index contributed by atoms with van der Waals surface area (Å²) >= 11 is 1.58. The Hall–Kier alpha value is -3.60. The van der Waals surface area contributed by atoms with Crippen molar-refractivity contribution in [2.24, 2.45) is 0 Å². The average molecular weight is 486 g/mol. The van der Waals surface area contributed by atoms with E-state index in [4.69, 9.17) is 9.47 Å². The zero-order valence-corrected chi connectivity index (χ0v) is 20.1. The van der Waals surface area contributed by atoms with Crippen LogP contribution in [0.4, 0.5) is 0 Å². The van der Waals surface area contributed by atoms with Crippen LogP contribution in [-0.2, 0) is 22.7 Å². The van der Waals surface area contributed by atoms with Gasteiger partial charge in [-0.05, 0) is 42.2 Å². The van der Waals surface area contributed by atoms with Crippen LogP contribution in [0.25, 0.3) is 10.9 Å². The molecule has 0 bridgehead atoms. The lowest BCUT2D eigenvalue weighted by Gasteiger charge is -2.18. The zero-order chi connectivity index (χ0) is 24.5. The molecular weight excluding hydrogens is 458 g/mol. The molecule has 180 valence electrons. The molecule has 0 saturated heterocycles. The molecule has 10 nitrogen and oxygen atoms in total. The summed E-state index contributed by atoms with van der Waals surface area (Å²) in [7, 11) is 2.97. The van der Waals surface area contributed by atoms with Crippen molar-refractivity contribution in [1.82, 2.24) is 25.2 Å². The molecule has 2 amide bonds. The Morgan fingerprint density at radius 3 is 2.53 bits per heavy atom. The van der Waals surface area contributed by atoms with Gasteiger partial charge in [-0.2, -0.15) is 11.8 Å². The summed E-state index contributed by atoms with van der Waals surface area (Å²) < 4.78 is 11.7. The molecule has 0 aliphatic carbocycles. The number of hydrogen-bond donors (Lipinski definition) is 2. The summed E-state index contributed by atoms with van der Waals surface area (Å²) in [6.07, 6.45) is 6.98. The van der Waals surface area contributed by atoms with Crippen LogP contribution in [-0.4, -0.2) is 58.6 Å². The fourth-order valence-electron chi connectivity index (χ4n) is 3.31. The number of amides is 2. The molecule has 1 atom stereocenters. The third kappa shape index (κ3) is 6.25. The Balaban J connectivity index is 1.72. The number of pyridine rings is 1. The van der Waals surface area contributed by atoms with Crippen LogP contribution >= 0.6 is 11.8 Å². The van der Waals surface area contributed by atoms with Crippen molar-refractivity contribution in [2.45, 2.75) is 25.6 Å². The van der Waals surface area contributed by atoms with E-state index in [0.29, 0.717) is 41.1 Å².